The number of amides is 1. The summed E-state index contributed by atoms with van der Waals surface area (Å²) < 4.78 is 4.93. The molecule has 24 heavy (non-hydrogen) atoms. The zero-order chi connectivity index (χ0) is 18.7. The quantitative estimate of drug-likeness (QED) is 0.323. The van der Waals surface area contributed by atoms with Crippen molar-refractivity contribution in [1.29, 1.82) is 0 Å². The second-order valence-electron chi connectivity index (χ2n) is 5.56. The molecule has 2 unspecified atom stereocenters. The Kier molecular flexibility index (Phi) is 11.7. The first-order valence-corrected chi connectivity index (χ1v) is 9.30. The van der Waals surface area contributed by atoms with E-state index in [0.717, 1.165) is 11.8 Å². The van der Waals surface area contributed by atoms with Gasteiger partial charge in [-0.3, -0.25) is 19.3 Å². The predicted octanol–water partition coefficient (Wildman–Crippen LogP) is 1.14. The van der Waals surface area contributed by atoms with Crippen LogP contribution in [0.5, 0.6) is 0 Å². The van der Waals surface area contributed by atoms with Crippen molar-refractivity contribution in [1.82, 2.24) is 10.2 Å². The second-order valence-corrected chi connectivity index (χ2v) is 6.64. The number of hydrogen-bond acceptors (Lipinski definition) is 7. The first-order valence-electron chi connectivity index (χ1n) is 8.31. The summed E-state index contributed by atoms with van der Waals surface area (Å²) in [7, 11) is 0. The van der Waals surface area contributed by atoms with Crippen LogP contribution in [-0.2, 0) is 19.1 Å². The fourth-order valence-corrected chi connectivity index (χ4v) is 2.86. The number of carbonyl (C=O) groups excluding carboxylic acids is 3. The lowest BCUT2D eigenvalue weighted by Gasteiger charge is -2.32. The van der Waals surface area contributed by atoms with Crippen LogP contribution in [-0.4, -0.2) is 64.2 Å². The average molecular weight is 362 g/mol. The van der Waals surface area contributed by atoms with E-state index in [-0.39, 0.29) is 29.3 Å². The van der Waals surface area contributed by atoms with Crippen LogP contribution in [0.25, 0.3) is 0 Å². The number of esters is 1. The first kappa shape index (κ1) is 22.9. The van der Waals surface area contributed by atoms with Gasteiger partial charge in [-0.05, 0) is 26.9 Å². The minimum atomic E-state index is -0.890. The number of hydrogen-bond donors (Lipinski definition) is 2. The van der Waals surface area contributed by atoms with Crippen LogP contribution in [0.1, 0.15) is 47.5 Å². The number of aliphatic hydroxyl groups excluding tert-OH is 1. The lowest BCUT2D eigenvalue weighted by atomic mass is 10.2. The molecule has 0 aliphatic heterocycles. The highest BCUT2D eigenvalue weighted by molar-refractivity contribution is 8.13. The molecule has 0 aliphatic rings. The van der Waals surface area contributed by atoms with Crippen molar-refractivity contribution in [3.8, 4) is 0 Å². The molecule has 0 spiro atoms. The Morgan fingerprint density at radius 1 is 1.17 bits per heavy atom. The summed E-state index contributed by atoms with van der Waals surface area (Å²) in [5.74, 6) is -0.573. The number of ether oxygens (including phenoxy) is 1. The fraction of sp³-hybridized carbons (Fsp3) is 0.812. The molecule has 2 atom stereocenters. The number of nitrogens with one attached hydrogen (secondary N) is 1. The maximum atomic E-state index is 11.9. The molecule has 0 bridgehead atoms. The molecule has 0 aromatic heterocycles. The third-order valence-corrected chi connectivity index (χ3v) is 4.29. The first-order chi connectivity index (χ1) is 11.2. The molecule has 0 aromatic carbocycles. The Bertz CT molecular complexity index is 413. The van der Waals surface area contributed by atoms with Gasteiger partial charge in [0.05, 0.1) is 12.1 Å². The number of rotatable bonds is 11. The lowest BCUT2D eigenvalue weighted by molar-refractivity contribution is -0.148. The molecule has 1 amide bonds. The summed E-state index contributed by atoms with van der Waals surface area (Å²) in [6.07, 6.45) is -1.19. The van der Waals surface area contributed by atoms with E-state index in [2.05, 4.69) is 5.32 Å². The molecular weight excluding hydrogens is 332 g/mol. The summed E-state index contributed by atoms with van der Waals surface area (Å²) in [5, 5.41) is 12.8. The molecule has 0 saturated heterocycles. The SMILES string of the molecule is CCC(=O)NC(CSC(=O)CC(=O)OC(C)C)C(O)N(CC)CC. The van der Waals surface area contributed by atoms with Gasteiger partial charge in [0.2, 0.25) is 5.91 Å². The van der Waals surface area contributed by atoms with E-state index >= 15 is 0 Å². The van der Waals surface area contributed by atoms with Gasteiger partial charge in [-0.15, -0.1) is 0 Å². The minimum Gasteiger partial charge on any atom is -0.463 e. The molecule has 0 radical (unpaired) electrons. The van der Waals surface area contributed by atoms with E-state index in [1.807, 2.05) is 13.8 Å². The minimum absolute atomic E-state index is 0.192. The molecule has 7 nitrogen and oxygen atoms in total. The molecule has 0 aliphatic carbocycles. The van der Waals surface area contributed by atoms with Crippen molar-refractivity contribution in [2.75, 3.05) is 18.8 Å². The summed E-state index contributed by atoms with van der Waals surface area (Å²) in [4.78, 5) is 36.8. The molecule has 0 aromatic rings. The molecule has 8 heteroatoms. The van der Waals surface area contributed by atoms with Gasteiger partial charge in [0.1, 0.15) is 12.6 Å². The predicted molar refractivity (Wildman–Crippen MR) is 94.5 cm³/mol. The average Bonchev–Trinajstić information content (AvgIpc) is 2.51. The van der Waals surface area contributed by atoms with Gasteiger partial charge in [0.25, 0.3) is 0 Å². The van der Waals surface area contributed by atoms with Gasteiger partial charge in [0.15, 0.2) is 5.12 Å². The van der Waals surface area contributed by atoms with E-state index < -0.39 is 18.2 Å². The summed E-state index contributed by atoms with van der Waals surface area (Å²) in [5.41, 5.74) is 0. The standard InChI is InChI=1S/C16H30N2O5S/c1-6-13(19)17-12(16(22)18(7-2)8-3)10-24-15(21)9-14(20)23-11(4)5/h11-12,16,22H,6-10H2,1-5H3,(H,17,19). The molecule has 0 heterocycles. The van der Waals surface area contributed by atoms with Crippen LogP contribution >= 0.6 is 11.8 Å². The Hall–Kier alpha value is -1.12. The van der Waals surface area contributed by atoms with Crippen LogP contribution in [0.3, 0.4) is 0 Å². The van der Waals surface area contributed by atoms with Crippen molar-refractivity contribution in [2.24, 2.45) is 0 Å². The summed E-state index contributed by atoms with van der Waals surface area (Å²) >= 11 is 0.918. The Balaban J connectivity index is 4.67. The van der Waals surface area contributed by atoms with E-state index in [0.29, 0.717) is 19.5 Å². The van der Waals surface area contributed by atoms with Crippen LogP contribution in [0.15, 0.2) is 0 Å². The second kappa shape index (κ2) is 12.3. The largest absolute Gasteiger partial charge is 0.463 e. The van der Waals surface area contributed by atoms with Crippen molar-refractivity contribution in [2.45, 2.75) is 65.8 Å². The molecule has 0 saturated carbocycles. The van der Waals surface area contributed by atoms with Gasteiger partial charge in [0, 0.05) is 12.2 Å². The molecule has 2 N–H and O–H groups in total. The monoisotopic (exact) mass is 362 g/mol. The van der Waals surface area contributed by atoms with Gasteiger partial charge < -0.3 is 15.2 Å². The topological polar surface area (TPSA) is 95.9 Å². The van der Waals surface area contributed by atoms with Gasteiger partial charge in [-0.1, -0.05) is 32.5 Å². The number of carbonyl (C=O) groups is 3. The molecule has 0 fully saturated rings. The normalized spacial score (nSPS) is 13.7. The fourth-order valence-electron chi connectivity index (χ4n) is 2.02. The van der Waals surface area contributed by atoms with E-state index in [9.17, 15) is 19.5 Å². The van der Waals surface area contributed by atoms with E-state index in [1.165, 1.54) is 0 Å². The smallest absolute Gasteiger partial charge is 0.314 e. The van der Waals surface area contributed by atoms with E-state index in [1.54, 1.807) is 25.7 Å². The third kappa shape index (κ3) is 9.24. The molecule has 0 rings (SSSR count). The van der Waals surface area contributed by atoms with Gasteiger partial charge >= 0.3 is 5.97 Å². The highest BCUT2D eigenvalue weighted by atomic mass is 32.2. The number of aliphatic hydroxyl groups is 1. The van der Waals surface area contributed by atoms with Crippen LogP contribution in [0.4, 0.5) is 0 Å². The Morgan fingerprint density at radius 2 is 1.75 bits per heavy atom. The molecular formula is C16H30N2O5S. The van der Waals surface area contributed by atoms with Crippen molar-refractivity contribution in [3.63, 3.8) is 0 Å². The van der Waals surface area contributed by atoms with Crippen LogP contribution in [0.2, 0.25) is 0 Å². The number of likely N-dealkylation sites (N-methyl/N-ethyl adjacent to an activating group) is 1. The number of nitrogens with zero attached hydrogens (tertiary/aromatic N) is 1. The van der Waals surface area contributed by atoms with E-state index in [4.69, 9.17) is 4.74 Å². The van der Waals surface area contributed by atoms with Crippen molar-refractivity contribution < 1.29 is 24.2 Å². The summed E-state index contributed by atoms with van der Waals surface area (Å²) in [6.45, 7) is 10.2. The van der Waals surface area contributed by atoms with Crippen molar-refractivity contribution >= 4 is 28.8 Å². The lowest BCUT2D eigenvalue weighted by Crippen LogP contribution is -2.53. The van der Waals surface area contributed by atoms with Gasteiger partial charge in [-0.25, -0.2) is 0 Å². The zero-order valence-corrected chi connectivity index (χ0v) is 16.0. The van der Waals surface area contributed by atoms with Crippen LogP contribution < -0.4 is 5.32 Å². The maximum absolute atomic E-state index is 11.9. The summed E-state index contributed by atoms with van der Waals surface area (Å²) in [6, 6.07) is -0.590. The third-order valence-electron chi connectivity index (χ3n) is 3.29. The Labute approximate surface area is 148 Å². The molecule has 140 valence electrons. The maximum Gasteiger partial charge on any atom is 0.314 e. The van der Waals surface area contributed by atoms with Gasteiger partial charge in [-0.2, -0.15) is 0 Å². The Morgan fingerprint density at radius 3 is 2.21 bits per heavy atom. The highest BCUT2D eigenvalue weighted by Gasteiger charge is 2.26. The zero-order valence-electron chi connectivity index (χ0n) is 15.2. The van der Waals surface area contributed by atoms with Crippen LogP contribution in [0, 0.1) is 0 Å². The number of thioether (sulfide) groups is 1. The van der Waals surface area contributed by atoms with Crippen molar-refractivity contribution in [3.05, 3.63) is 0 Å². The highest BCUT2D eigenvalue weighted by Crippen LogP contribution is 2.13.